The van der Waals surface area contributed by atoms with Gasteiger partial charge in [0, 0.05) is 35.0 Å². The lowest BCUT2D eigenvalue weighted by molar-refractivity contribution is -0.386. The van der Waals surface area contributed by atoms with Crippen LogP contribution in [0.4, 0.5) is 28.4 Å². The van der Waals surface area contributed by atoms with E-state index in [2.05, 4.69) is 55.4 Å². The summed E-state index contributed by atoms with van der Waals surface area (Å²) in [4.78, 5) is 102. The third-order valence-corrected chi connectivity index (χ3v) is 11.5. The normalized spacial score (nSPS) is 13.2. The van der Waals surface area contributed by atoms with Gasteiger partial charge in [-0.25, -0.2) is 24.1 Å². The fourth-order valence-electron chi connectivity index (χ4n) is 7.91. The molecule has 3 aliphatic heterocycles. The summed E-state index contributed by atoms with van der Waals surface area (Å²) in [5, 5.41) is 42.3. The number of carbonyl (C=O) groups excluding carboxylic acids is 6. The number of phenolic OH excluding ortho intramolecular Hbond substituents is 1. The van der Waals surface area contributed by atoms with Gasteiger partial charge in [0.05, 0.1) is 48.3 Å². The number of nitro groups is 3. The molecule has 20 nitrogen and oxygen atoms in total. The number of aryl methyl sites for hydroxylation is 2. The van der Waals surface area contributed by atoms with Crippen LogP contribution in [0.15, 0.2) is 72.8 Å². The molecule has 5 aromatic rings. The van der Waals surface area contributed by atoms with Crippen LogP contribution in [0.5, 0.6) is 5.75 Å². The van der Waals surface area contributed by atoms with E-state index < -0.39 is 61.9 Å². The summed E-state index contributed by atoms with van der Waals surface area (Å²) in [6.45, 7) is 19.6. The first-order chi connectivity index (χ1) is 32.7. The number of ether oxygens (including phenoxy) is 2. The van der Waals surface area contributed by atoms with Crippen LogP contribution in [0.25, 0.3) is 0 Å². The molecule has 2 amide bonds. The Balaban J connectivity index is 0.000000183. The lowest BCUT2D eigenvalue weighted by atomic mass is 9.92. The van der Waals surface area contributed by atoms with Crippen molar-refractivity contribution in [2.45, 2.75) is 92.9 Å². The average molecular weight is 960 g/mol. The molecule has 0 aromatic heterocycles. The molecule has 3 N–H and O–H groups in total. The zero-order valence-corrected chi connectivity index (χ0v) is 39.8. The Bertz CT molecular complexity index is 3010. The van der Waals surface area contributed by atoms with Gasteiger partial charge in [-0.15, -0.1) is 0 Å². The number of nitrogen functional groups attached to an aromatic ring is 1. The highest BCUT2D eigenvalue weighted by molar-refractivity contribution is 6.35. The molecular formula is C50H49N5O15. The molecule has 3 heterocycles. The Morgan fingerprint density at radius 2 is 0.929 bits per heavy atom. The Morgan fingerprint density at radius 1 is 0.514 bits per heavy atom. The number of hydrogen-bond donors (Lipinski definition) is 2. The van der Waals surface area contributed by atoms with Crippen LogP contribution < -0.4 is 10.6 Å². The number of amides is 2. The summed E-state index contributed by atoms with van der Waals surface area (Å²) in [5.41, 5.74) is 11.0. The number of fused-ring (bicyclic) bond motifs is 3. The van der Waals surface area contributed by atoms with Crippen molar-refractivity contribution in [2.75, 3.05) is 10.6 Å². The topological polar surface area (TPSA) is 300 Å². The van der Waals surface area contributed by atoms with Crippen molar-refractivity contribution >= 4 is 64.1 Å². The van der Waals surface area contributed by atoms with Crippen molar-refractivity contribution in [2.24, 2.45) is 0 Å². The van der Waals surface area contributed by atoms with E-state index in [1.165, 1.54) is 43.2 Å². The number of imide groups is 1. The number of para-hydroxylation sites is 2. The first-order valence-corrected chi connectivity index (χ1v) is 21.7. The number of anilines is 2. The average Bonchev–Trinajstić information content (AvgIpc) is 3.82. The van der Waals surface area contributed by atoms with Crippen LogP contribution in [0.2, 0.25) is 0 Å². The van der Waals surface area contributed by atoms with Crippen LogP contribution in [0.1, 0.15) is 175 Å². The van der Waals surface area contributed by atoms with E-state index >= 15 is 0 Å². The first-order valence-electron chi connectivity index (χ1n) is 21.7. The van der Waals surface area contributed by atoms with Crippen molar-refractivity contribution in [3.63, 3.8) is 0 Å². The van der Waals surface area contributed by atoms with Gasteiger partial charge in [-0.3, -0.25) is 39.9 Å². The van der Waals surface area contributed by atoms with Gasteiger partial charge in [-0.2, -0.15) is 0 Å². The Morgan fingerprint density at radius 3 is 1.39 bits per heavy atom. The van der Waals surface area contributed by atoms with Gasteiger partial charge in [0.25, 0.3) is 23.2 Å². The number of benzene rings is 5. The minimum absolute atomic E-state index is 0.0311. The molecule has 3 aliphatic rings. The molecule has 0 atom stereocenters. The summed E-state index contributed by atoms with van der Waals surface area (Å²) in [5.74, 6) is -4.07. The molecule has 0 aliphatic carbocycles. The summed E-state index contributed by atoms with van der Waals surface area (Å²) in [6, 6.07) is 19.1. The lowest BCUT2D eigenvalue weighted by Gasteiger charge is -2.25. The number of carbonyl (C=O) groups is 6. The third-order valence-electron chi connectivity index (χ3n) is 11.5. The van der Waals surface area contributed by atoms with E-state index in [1.807, 2.05) is 45.9 Å². The van der Waals surface area contributed by atoms with Crippen LogP contribution >= 0.6 is 0 Å². The zero-order valence-electron chi connectivity index (χ0n) is 39.8. The second-order valence-electron chi connectivity index (χ2n) is 17.5. The van der Waals surface area contributed by atoms with Gasteiger partial charge in [0.15, 0.2) is 11.3 Å². The van der Waals surface area contributed by atoms with Gasteiger partial charge in [-0.1, -0.05) is 97.9 Å². The molecule has 5 aromatic carbocycles. The number of aromatic hydroxyl groups is 1. The third kappa shape index (κ3) is 10.2. The van der Waals surface area contributed by atoms with Crippen molar-refractivity contribution in [1.29, 1.82) is 0 Å². The molecule has 70 heavy (non-hydrogen) atoms. The fourth-order valence-corrected chi connectivity index (χ4v) is 7.91. The number of nitrogens with two attached hydrogens (primary N) is 1. The predicted octanol–water partition coefficient (Wildman–Crippen LogP) is 10.3. The van der Waals surface area contributed by atoms with Gasteiger partial charge >= 0.3 is 29.6 Å². The summed E-state index contributed by atoms with van der Waals surface area (Å²) in [7, 11) is 0. The Labute approximate surface area is 400 Å². The van der Waals surface area contributed by atoms with Crippen molar-refractivity contribution in [1.82, 2.24) is 0 Å². The molecule has 0 radical (unpaired) electrons. The van der Waals surface area contributed by atoms with Crippen LogP contribution in [0.3, 0.4) is 0 Å². The number of esters is 4. The minimum Gasteiger partial charge on any atom is -0.502 e. The molecule has 8 rings (SSSR count). The van der Waals surface area contributed by atoms with E-state index in [1.54, 1.807) is 0 Å². The smallest absolute Gasteiger partial charge is 0.353 e. The second kappa shape index (κ2) is 20.7. The SMILES string of the molecule is CC(C)c1cccc(C(C)C)c1N.CC(C)c1cccc(C(C)C)c1N1C(=O)c2cc(O)c([N+](=O)[O-])cc2C1=O.Cc1cc2c(cc1[N+](=O)[O-])C(=O)OC2=O.Cc1ccc2c(c1[N+](=O)[O-])C(=O)OC2=O. The Hall–Kier alpha value is -8.68. The first kappa shape index (κ1) is 52.3. The number of cyclic esters (lactones) is 4. The van der Waals surface area contributed by atoms with Crippen LogP contribution in [0, 0.1) is 44.2 Å². The maximum Gasteiger partial charge on any atom is 0.353 e. The van der Waals surface area contributed by atoms with E-state index in [4.69, 9.17) is 5.73 Å². The molecular weight excluding hydrogens is 911 g/mol. The van der Waals surface area contributed by atoms with E-state index in [-0.39, 0.29) is 56.6 Å². The lowest BCUT2D eigenvalue weighted by Crippen LogP contribution is -2.31. The number of hydrogen-bond acceptors (Lipinski definition) is 16. The predicted molar refractivity (Wildman–Crippen MR) is 255 cm³/mol. The standard InChI is InChI=1S/C20H20N2O5.C12H19N.2C9H5NO5/c1-10(2)12-6-5-7-13(11(3)4)18(12)21-19(24)14-8-16(22(26)27)17(23)9-15(14)20(21)25;1-8(2)10-6-5-7-11(9(3)4)12(10)13;1-4-2-5-6(3-7(4)10(13)14)9(12)15-8(5)11;1-4-2-3-5-6(7(4)10(13)14)9(12)15-8(5)11/h5-11,23H,1-4H3;5-9H,13H2,1-4H3;2*2-3H,1H3. The van der Waals surface area contributed by atoms with Crippen molar-refractivity contribution < 1.29 is 58.1 Å². The maximum atomic E-state index is 13.0. The highest BCUT2D eigenvalue weighted by Crippen LogP contribution is 2.42. The Kier molecular flexibility index (Phi) is 15.4. The molecule has 0 unspecified atom stereocenters. The highest BCUT2D eigenvalue weighted by atomic mass is 16.6. The van der Waals surface area contributed by atoms with Crippen molar-refractivity contribution in [3.8, 4) is 5.75 Å². The summed E-state index contributed by atoms with van der Waals surface area (Å²) >= 11 is 0. The molecule has 0 fully saturated rings. The van der Waals surface area contributed by atoms with Gasteiger partial charge in [0.2, 0.25) is 0 Å². The molecule has 0 saturated carbocycles. The van der Waals surface area contributed by atoms with Crippen LogP contribution in [-0.2, 0) is 9.47 Å². The molecule has 0 saturated heterocycles. The molecule has 0 bridgehead atoms. The number of phenols is 1. The van der Waals surface area contributed by atoms with E-state index in [0.717, 1.165) is 39.9 Å². The second-order valence-corrected chi connectivity index (χ2v) is 17.5. The van der Waals surface area contributed by atoms with Crippen LogP contribution in [-0.4, -0.2) is 55.6 Å². The van der Waals surface area contributed by atoms with E-state index in [9.17, 15) is 64.2 Å². The summed E-state index contributed by atoms with van der Waals surface area (Å²) in [6.07, 6.45) is 0. The monoisotopic (exact) mass is 959 g/mol. The molecule has 364 valence electrons. The van der Waals surface area contributed by atoms with Gasteiger partial charge in [0.1, 0.15) is 0 Å². The van der Waals surface area contributed by atoms with Crippen molar-refractivity contribution in [3.05, 3.63) is 170 Å². The highest BCUT2D eigenvalue weighted by Gasteiger charge is 2.42. The zero-order chi connectivity index (χ0) is 52.4. The molecule has 20 heteroatoms. The molecule has 0 spiro atoms. The number of nitro benzene ring substituents is 3. The number of nitrogens with zero attached hydrogens (tertiary/aromatic N) is 4. The van der Waals surface area contributed by atoms with E-state index in [0.29, 0.717) is 28.7 Å². The quantitative estimate of drug-likeness (QED) is 0.0365. The number of rotatable bonds is 8. The minimum atomic E-state index is -0.953. The van der Waals surface area contributed by atoms with Gasteiger partial charge in [-0.05, 0) is 71.9 Å². The largest absolute Gasteiger partial charge is 0.502 e. The van der Waals surface area contributed by atoms with Gasteiger partial charge < -0.3 is 20.3 Å². The summed E-state index contributed by atoms with van der Waals surface area (Å²) < 4.78 is 8.62. The fraction of sp³-hybridized carbons (Fsp3) is 0.280. The maximum absolute atomic E-state index is 13.0.